The molecule has 0 radical (unpaired) electrons. The summed E-state index contributed by atoms with van der Waals surface area (Å²) >= 11 is 0. The first-order chi connectivity index (χ1) is 9.56. The van der Waals surface area contributed by atoms with Crippen molar-refractivity contribution in [3.8, 4) is 11.5 Å². The van der Waals surface area contributed by atoms with E-state index in [0.717, 1.165) is 0 Å². The Kier molecular flexibility index (Phi) is 3.80. The van der Waals surface area contributed by atoms with E-state index >= 15 is 0 Å². The molecular weight excluding hydrogens is 262 g/mol. The van der Waals surface area contributed by atoms with E-state index in [0.29, 0.717) is 11.3 Å². The molecule has 7 heteroatoms. The van der Waals surface area contributed by atoms with Crippen LogP contribution in [0.3, 0.4) is 0 Å². The highest BCUT2D eigenvalue weighted by atomic mass is 16.6. The van der Waals surface area contributed by atoms with Gasteiger partial charge in [-0.1, -0.05) is 0 Å². The summed E-state index contributed by atoms with van der Waals surface area (Å²) in [5.41, 5.74) is 3.67. The lowest BCUT2D eigenvalue weighted by Gasteiger charge is -2.01. The van der Waals surface area contributed by atoms with Crippen molar-refractivity contribution in [2.24, 2.45) is 5.10 Å². The van der Waals surface area contributed by atoms with E-state index < -0.39 is 4.92 Å². The third-order valence-electron chi connectivity index (χ3n) is 2.49. The molecule has 0 aliphatic carbocycles. The monoisotopic (exact) mass is 273 g/mol. The summed E-state index contributed by atoms with van der Waals surface area (Å²) in [5.74, 6) is -0.137. The first-order valence-corrected chi connectivity index (χ1v) is 5.62. The molecule has 20 heavy (non-hydrogen) atoms. The van der Waals surface area contributed by atoms with Gasteiger partial charge in [-0.15, -0.1) is 0 Å². The minimum Gasteiger partial charge on any atom is -0.508 e. The van der Waals surface area contributed by atoms with Gasteiger partial charge in [0.1, 0.15) is 11.5 Å². The Morgan fingerprint density at radius 1 is 1.15 bits per heavy atom. The lowest BCUT2D eigenvalue weighted by atomic mass is 10.2. The minimum absolute atomic E-state index is 0.00397. The molecule has 2 rings (SSSR count). The average Bonchev–Trinajstić information content (AvgIpc) is 2.42. The number of hydrazone groups is 1. The standard InChI is InChI=1S/C13H11N3O4/c17-12-6-1-9(13(18)7-12)8-14-15-10-2-4-11(5-3-10)16(19)20/h1-8,15,17-18H/b14-8-. The van der Waals surface area contributed by atoms with Crippen molar-refractivity contribution in [2.45, 2.75) is 0 Å². The molecule has 0 saturated carbocycles. The molecule has 0 atom stereocenters. The van der Waals surface area contributed by atoms with Gasteiger partial charge in [-0.05, 0) is 24.3 Å². The van der Waals surface area contributed by atoms with E-state index in [4.69, 9.17) is 5.11 Å². The van der Waals surface area contributed by atoms with E-state index in [9.17, 15) is 15.2 Å². The van der Waals surface area contributed by atoms with Crippen LogP contribution in [-0.4, -0.2) is 21.4 Å². The van der Waals surface area contributed by atoms with Crippen LogP contribution in [-0.2, 0) is 0 Å². The van der Waals surface area contributed by atoms with Crippen LogP contribution >= 0.6 is 0 Å². The number of anilines is 1. The van der Waals surface area contributed by atoms with Crippen LogP contribution in [0, 0.1) is 10.1 Å². The smallest absolute Gasteiger partial charge is 0.269 e. The van der Waals surface area contributed by atoms with E-state index in [1.54, 1.807) is 0 Å². The number of nitro benzene ring substituents is 1. The van der Waals surface area contributed by atoms with Crippen molar-refractivity contribution >= 4 is 17.6 Å². The predicted molar refractivity (Wildman–Crippen MR) is 74.1 cm³/mol. The zero-order chi connectivity index (χ0) is 14.5. The van der Waals surface area contributed by atoms with E-state index in [1.165, 1.54) is 48.7 Å². The molecule has 0 spiro atoms. The number of rotatable bonds is 4. The maximum Gasteiger partial charge on any atom is 0.269 e. The zero-order valence-electron chi connectivity index (χ0n) is 10.2. The van der Waals surface area contributed by atoms with E-state index in [-0.39, 0.29) is 17.2 Å². The topological polar surface area (TPSA) is 108 Å². The van der Waals surface area contributed by atoms with Crippen LogP contribution in [0.15, 0.2) is 47.6 Å². The second-order valence-corrected chi connectivity index (χ2v) is 3.92. The third-order valence-corrected chi connectivity index (χ3v) is 2.49. The van der Waals surface area contributed by atoms with Gasteiger partial charge in [-0.3, -0.25) is 15.5 Å². The zero-order valence-corrected chi connectivity index (χ0v) is 10.2. The number of nitrogens with one attached hydrogen (secondary N) is 1. The van der Waals surface area contributed by atoms with Crippen LogP contribution < -0.4 is 5.43 Å². The number of hydrogen-bond acceptors (Lipinski definition) is 6. The first-order valence-electron chi connectivity index (χ1n) is 5.62. The summed E-state index contributed by atoms with van der Waals surface area (Å²) in [6.07, 6.45) is 1.37. The largest absolute Gasteiger partial charge is 0.508 e. The summed E-state index contributed by atoms with van der Waals surface area (Å²) in [6.45, 7) is 0. The lowest BCUT2D eigenvalue weighted by Crippen LogP contribution is -1.92. The van der Waals surface area contributed by atoms with Crippen molar-refractivity contribution in [3.63, 3.8) is 0 Å². The molecular formula is C13H11N3O4. The van der Waals surface area contributed by atoms with Gasteiger partial charge in [0.25, 0.3) is 5.69 Å². The highest BCUT2D eigenvalue weighted by molar-refractivity contribution is 5.84. The molecule has 0 aliphatic rings. The van der Waals surface area contributed by atoms with Crippen molar-refractivity contribution < 1.29 is 15.1 Å². The number of phenols is 2. The van der Waals surface area contributed by atoms with Crippen LogP contribution in [0.5, 0.6) is 11.5 Å². The Hall–Kier alpha value is -3.09. The molecule has 0 bridgehead atoms. The number of nitro groups is 1. The number of hydrogen-bond donors (Lipinski definition) is 3. The van der Waals surface area contributed by atoms with Gasteiger partial charge < -0.3 is 10.2 Å². The third kappa shape index (κ3) is 3.22. The maximum atomic E-state index is 10.5. The minimum atomic E-state index is -0.485. The fraction of sp³-hybridized carbons (Fsp3) is 0. The Labute approximate surface area is 114 Å². The van der Waals surface area contributed by atoms with Crippen LogP contribution in [0.2, 0.25) is 0 Å². The summed E-state index contributed by atoms with van der Waals surface area (Å²) in [4.78, 5) is 10.00. The van der Waals surface area contributed by atoms with Crippen molar-refractivity contribution in [3.05, 3.63) is 58.1 Å². The Balaban J connectivity index is 2.04. The number of benzene rings is 2. The number of non-ortho nitro benzene ring substituents is 1. The van der Waals surface area contributed by atoms with Crippen molar-refractivity contribution in [1.82, 2.24) is 0 Å². The lowest BCUT2D eigenvalue weighted by molar-refractivity contribution is -0.384. The number of phenolic OH excluding ortho intramolecular Hbond substituents is 2. The Morgan fingerprint density at radius 3 is 2.45 bits per heavy atom. The summed E-state index contributed by atoms with van der Waals surface area (Å²) in [6, 6.07) is 9.88. The molecule has 102 valence electrons. The van der Waals surface area contributed by atoms with Crippen LogP contribution in [0.4, 0.5) is 11.4 Å². The fourth-order valence-corrected chi connectivity index (χ4v) is 1.48. The average molecular weight is 273 g/mol. The molecule has 0 aromatic heterocycles. The summed E-state index contributed by atoms with van der Waals surface area (Å²) < 4.78 is 0. The SMILES string of the molecule is O=[N+]([O-])c1ccc(N/N=C\c2ccc(O)cc2O)cc1. The van der Waals surface area contributed by atoms with Gasteiger partial charge in [0.2, 0.25) is 0 Å². The summed E-state index contributed by atoms with van der Waals surface area (Å²) in [5, 5.41) is 33.0. The molecule has 0 fully saturated rings. The van der Waals surface area contributed by atoms with Gasteiger partial charge in [0, 0.05) is 23.8 Å². The predicted octanol–water partition coefficient (Wildman–Crippen LogP) is 2.45. The molecule has 0 amide bonds. The van der Waals surface area contributed by atoms with Gasteiger partial charge >= 0.3 is 0 Å². The van der Waals surface area contributed by atoms with Crippen LogP contribution in [0.25, 0.3) is 0 Å². The first kappa shape index (κ1) is 13.3. The molecule has 3 N–H and O–H groups in total. The van der Waals surface area contributed by atoms with Gasteiger partial charge in [0.15, 0.2) is 0 Å². The fourth-order valence-electron chi connectivity index (χ4n) is 1.48. The van der Waals surface area contributed by atoms with Crippen molar-refractivity contribution in [2.75, 3.05) is 5.43 Å². The van der Waals surface area contributed by atoms with Gasteiger partial charge in [0.05, 0.1) is 16.8 Å². The highest BCUT2D eigenvalue weighted by Crippen LogP contribution is 2.21. The van der Waals surface area contributed by atoms with Gasteiger partial charge in [-0.2, -0.15) is 5.10 Å². The Morgan fingerprint density at radius 2 is 1.85 bits per heavy atom. The highest BCUT2D eigenvalue weighted by Gasteiger charge is 2.03. The molecule has 0 heterocycles. The normalized spacial score (nSPS) is 10.6. The molecule has 2 aromatic carbocycles. The molecule has 0 unspecified atom stereocenters. The second kappa shape index (κ2) is 5.70. The number of aromatic hydroxyl groups is 2. The molecule has 2 aromatic rings. The molecule has 0 aliphatic heterocycles. The van der Waals surface area contributed by atoms with E-state index in [1.807, 2.05) is 0 Å². The maximum absolute atomic E-state index is 10.5. The second-order valence-electron chi connectivity index (χ2n) is 3.92. The van der Waals surface area contributed by atoms with Crippen molar-refractivity contribution in [1.29, 1.82) is 0 Å². The summed E-state index contributed by atoms with van der Waals surface area (Å²) in [7, 11) is 0. The van der Waals surface area contributed by atoms with E-state index in [2.05, 4.69) is 10.5 Å². The van der Waals surface area contributed by atoms with Gasteiger partial charge in [-0.25, -0.2) is 0 Å². The Bertz CT molecular complexity index is 653. The molecule has 0 saturated heterocycles. The number of nitrogens with zero attached hydrogens (tertiary/aromatic N) is 2. The quantitative estimate of drug-likeness (QED) is 0.450. The van der Waals surface area contributed by atoms with Crippen LogP contribution in [0.1, 0.15) is 5.56 Å². The molecule has 7 nitrogen and oxygen atoms in total.